The van der Waals surface area contributed by atoms with Crippen molar-refractivity contribution in [3.63, 3.8) is 0 Å². The number of carbonyl (C=O) groups excluding carboxylic acids is 1. The molecule has 0 rings (SSSR count). The second-order valence-electron chi connectivity index (χ2n) is 4.20. The Morgan fingerprint density at radius 1 is 1.46 bits per heavy atom. The molecule has 1 atom stereocenters. The maximum atomic E-state index is 10.0. The minimum absolute atomic E-state index is 0.424. The lowest BCUT2D eigenvalue weighted by Gasteiger charge is -2.17. The zero-order valence-corrected chi connectivity index (χ0v) is 8.79. The summed E-state index contributed by atoms with van der Waals surface area (Å²) < 4.78 is 0. The average molecular weight is 184 g/mol. The summed E-state index contributed by atoms with van der Waals surface area (Å²) in [5.41, 5.74) is -0.561. The topological polar surface area (TPSA) is 37.3 Å². The fourth-order valence-electron chi connectivity index (χ4n) is 1.19. The van der Waals surface area contributed by atoms with Crippen molar-refractivity contribution in [3.05, 3.63) is 12.2 Å². The van der Waals surface area contributed by atoms with Crippen LogP contribution in [0.25, 0.3) is 0 Å². The van der Waals surface area contributed by atoms with E-state index < -0.39 is 5.60 Å². The number of rotatable bonds is 6. The van der Waals surface area contributed by atoms with Crippen LogP contribution in [0.5, 0.6) is 0 Å². The van der Waals surface area contributed by atoms with Crippen molar-refractivity contribution < 1.29 is 9.90 Å². The van der Waals surface area contributed by atoms with Gasteiger partial charge in [0.1, 0.15) is 6.29 Å². The molecule has 1 unspecified atom stereocenters. The van der Waals surface area contributed by atoms with Crippen molar-refractivity contribution in [1.29, 1.82) is 0 Å². The van der Waals surface area contributed by atoms with Crippen LogP contribution in [0.3, 0.4) is 0 Å². The smallest absolute Gasteiger partial charge is 0.142 e. The summed E-state index contributed by atoms with van der Waals surface area (Å²) in [4.78, 5) is 10.0. The van der Waals surface area contributed by atoms with Gasteiger partial charge in [-0.15, -0.1) is 0 Å². The van der Waals surface area contributed by atoms with Gasteiger partial charge in [0, 0.05) is 0 Å². The van der Waals surface area contributed by atoms with Crippen molar-refractivity contribution in [3.8, 4) is 0 Å². The van der Waals surface area contributed by atoms with Gasteiger partial charge in [-0.1, -0.05) is 19.4 Å². The van der Waals surface area contributed by atoms with Crippen LogP contribution in [0.15, 0.2) is 12.2 Å². The third kappa shape index (κ3) is 9.28. The molecule has 0 aliphatic heterocycles. The highest BCUT2D eigenvalue weighted by Gasteiger charge is 2.11. The third-order valence-corrected chi connectivity index (χ3v) is 1.97. The average Bonchev–Trinajstić information content (AvgIpc) is 1.98. The van der Waals surface area contributed by atoms with Crippen molar-refractivity contribution in [1.82, 2.24) is 0 Å². The molecule has 0 saturated heterocycles. The molecule has 0 fully saturated rings. The highest BCUT2D eigenvalue weighted by atomic mass is 16.3. The Bertz CT molecular complexity index is 165. The Hall–Kier alpha value is -0.630. The molecule has 0 heterocycles. The maximum absolute atomic E-state index is 10.0. The van der Waals surface area contributed by atoms with Crippen LogP contribution in [0, 0.1) is 5.92 Å². The highest BCUT2D eigenvalue weighted by Crippen LogP contribution is 2.16. The van der Waals surface area contributed by atoms with E-state index in [0.29, 0.717) is 5.92 Å². The Morgan fingerprint density at radius 3 is 2.54 bits per heavy atom. The first-order valence-electron chi connectivity index (χ1n) is 4.80. The molecule has 1 N–H and O–H groups in total. The number of aldehydes is 1. The molecule has 0 aromatic heterocycles. The molecule has 0 bridgehead atoms. The molecule has 0 aromatic rings. The zero-order valence-electron chi connectivity index (χ0n) is 8.79. The number of hydrogen-bond donors (Lipinski definition) is 1. The van der Waals surface area contributed by atoms with Gasteiger partial charge in [0.2, 0.25) is 0 Å². The van der Waals surface area contributed by atoms with Crippen LogP contribution >= 0.6 is 0 Å². The van der Waals surface area contributed by atoms with E-state index in [1.54, 1.807) is 0 Å². The van der Waals surface area contributed by atoms with Gasteiger partial charge in [0.05, 0.1) is 5.60 Å². The molecule has 0 amide bonds. The molecule has 0 spiro atoms. The molecule has 0 aliphatic rings. The molecule has 13 heavy (non-hydrogen) atoms. The molecular formula is C11H20O2. The van der Waals surface area contributed by atoms with E-state index in [9.17, 15) is 9.90 Å². The molecule has 0 saturated carbocycles. The quantitative estimate of drug-likeness (QED) is 0.508. The summed E-state index contributed by atoms with van der Waals surface area (Å²) in [7, 11) is 0. The molecule has 76 valence electrons. The van der Waals surface area contributed by atoms with E-state index in [4.69, 9.17) is 0 Å². The lowest BCUT2D eigenvalue weighted by molar-refractivity contribution is -0.104. The first-order chi connectivity index (χ1) is 5.95. The van der Waals surface area contributed by atoms with Crippen molar-refractivity contribution in [2.75, 3.05) is 0 Å². The molecule has 2 nitrogen and oxygen atoms in total. The van der Waals surface area contributed by atoms with Crippen LogP contribution in [-0.4, -0.2) is 17.0 Å². The minimum atomic E-state index is -0.561. The first kappa shape index (κ1) is 12.4. The van der Waals surface area contributed by atoms with E-state index in [0.717, 1.165) is 25.5 Å². The van der Waals surface area contributed by atoms with Gasteiger partial charge < -0.3 is 5.11 Å². The maximum Gasteiger partial charge on any atom is 0.142 e. The third-order valence-electron chi connectivity index (χ3n) is 1.97. The monoisotopic (exact) mass is 184 g/mol. The Morgan fingerprint density at radius 2 is 2.08 bits per heavy atom. The van der Waals surface area contributed by atoms with E-state index in [1.807, 2.05) is 19.9 Å². The van der Waals surface area contributed by atoms with Crippen LogP contribution < -0.4 is 0 Å². The summed E-state index contributed by atoms with van der Waals surface area (Å²) >= 11 is 0. The summed E-state index contributed by atoms with van der Waals surface area (Å²) in [5, 5.41) is 9.43. The second kappa shape index (κ2) is 5.92. The van der Waals surface area contributed by atoms with Gasteiger partial charge in [-0.2, -0.15) is 0 Å². The summed E-state index contributed by atoms with van der Waals surface area (Å²) in [6, 6.07) is 0. The fourth-order valence-corrected chi connectivity index (χ4v) is 1.19. The SMILES string of the molecule is CC(/C=C/C=O)CCCC(C)(C)O. The van der Waals surface area contributed by atoms with Crippen LogP contribution in [0.1, 0.15) is 40.0 Å². The minimum Gasteiger partial charge on any atom is -0.390 e. The normalized spacial score (nSPS) is 14.8. The van der Waals surface area contributed by atoms with E-state index in [-0.39, 0.29) is 0 Å². The lowest BCUT2D eigenvalue weighted by atomic mass is 9.97. The molecule has 0 aliphatic carbocycles. The Balaban J connectivity index is 3.53. The molecular weight excluding hydrogens is 164 g/mol. The van der Waals surface area contributed by atoms with Crippen molar-refractivity contribution in [2.45, 2.75) is 45.6 Å². The number of aliphatic hydroxyl groups is 1. The fraction of sp³-hybridized carbons (Fsp3) is 0.727. The second-order valence-corrected chi connectivity index (χ2v) is 4.20. The van der Waals surface area contributed by atoms with Crippen molar-refractivity contribution >= 4 is 6.29 Å². The van der Waals surface area contributed by atoms with E-state index in [1.165, 1.54) is 6.08 Å². The summed E-state index contributed by atoms with van der Waals surface area (Å²) in [5.74, 6) is 0.424. The van der Waals surface area contributed by atoms with Gasteiger partial charge in [-0.25, -0.2) is 0 Å². The molecule has 2 heteroatoms. The number of carbonyl (C=O) groups is 1. The Labute approximate surface area is 80.7 Å². The van der Waals surface area contributed by atoms with Gasteiger partial charge in [-0.3, -0.25) is 4.79 Å². The van der Waals surface area contributed by atoms with Gasteiger partial charge in [0.15, 0.2) is 0 Å². The van der Waals surface area contributed by atoms with Gasteiger partial charge >= 0.3 is 0 Å². The predicted molar refractivity (Wildman–Crippen MR) is 54.5 cm³/mol. The van der Waals surface area contributed by atoms with Crippen LogP contribution in [0.4, 0.5) is 0 Å². The predicted octanol–water partition coefficient (Wildman–Crippen LogP) is 2.32. The highest BCUT2D eigenvalue weighted by molar-refractivity contribution is 5.64. The lowest BCUT2D eigenvalue weighted by Crippen LogP contribution is -2.18. The summed E-state index contributed by atoms with van der Waals surface area (Å²) in [6.07, 6.45) is 7.06. The van der Waals surface area contributed by atoms with E-state index in [2.05, 4.69) is 6.92 Å². The van der Waals surface area contributed by atoms with Crippen LogP contribution in [-0.2, 0) is 4.79 Å². The molecule has 0 radical (unpaired) electrons. The number of hydrogen-bond acceptors (Lipinski definition) is 2. The van der Waals surface area contributed by atoms with E-state index >= 15 is 0 Å². The Kier molecular flexibility index (Phi) is 5.63. The van der Waals surface area contributed by atoms with Crippen molar-refractivity contribution in [2.24, 2.45) is 5.92 Å². The van der Waals surface area contributed by atoms with Crippen LogP contribution in [0.2, 0.25) is 0 Å². The molecule has 0 aromatic carbocycles. The van der Waals surface area contributed by atoms with Gasteiger partial charge in [0.25, 0.3) is 0 Å². The van der Waals surface area contributed by atoms with Gasteiger partial charge in [-0.05, 0) is 38.7 Å². The summed E-state index contributed by atoms with van der Waals surface area (Å²) in [6.45, 7) is 5.71. The zero-order chi connectivity index (χ0) is 10.3. The number of allylic oxidation sites excluding steroid dienone is 2. The largest absolute Gasteiger partial charge is 0.390 e. The first-order valence-corrected chi connectivity index (χ1v) is 4.80. The standard InChI is InChI=1S/C11H20O2/c1-10(7-5-9-12)6-4-8-11(2,3)13/h5,7,9-10,13H,4,6,8H2,1-3H3/b7-5+.